The molecule has 0 spiro atoms. The molecule has 0 amide bonds. The summed E-state index contributed by atoms with van der Waals surface area (Å²) in [6.07, 6.45) is 0. The molecule has 0 aliphatic rings. The number of nitrogens with zero attached hydrogens (tertiary/aromatic N) is 1. The lowest BCUT2D eigenvalue weighted by atomic mass is 10.2. The van der Waals surface area contributed by atoms with Crippen LogP contribution in [-0.4, -0.2) is 4.57 Å². The molecule has 18 heavy (non-hydrogen) atoms. The molecule has 0 aliphatic carbocycles. The molecule has 0 fully saturated rings. The van der Waals surface area contributed by atoms with Crippen LogP contribution in [0.1, 0.15) is 16.8 Å². The number of para-hydroxylation sites is 1. The zero-order valence-electron chi connectivity index (χ0n) is 11.0. The number of rotatable bonds is 1. The van der Waals surface area contributed by atoms with Crippen molar-refractivity contribution in [1.29, 1.82) is 0 Å². The highest BCUT2D eigenvalue weighted by atomic mass is 15.0. The molecule has 0 aliphatic heterocycles. The molecule has 1 radical (unpaired) electrons. The van der Waals surface area contributed by atoms with Gasteiger partial charge in [0.15, 0.2) is 0 Å². The summed E-state index contributed by atoms with van der Waals surface area (Å²) in [5.41, 5.74) is 6.27. The highest BCUT2D eigenvalue weighted by Gasteiger charge is 2.11. The first kappa shape index (κ1) is 11.1. The lowest BCUT2D eigenvalue weighted by molar-refractivity contribution is 1.04. The first-order valence-electron chi connectivity index (χ1n) is 6.24. The zero-order valence-corrected chi connectivity index (χ0v) is 11.0. The van der Waals surface area contributed by atoms with Gasteiger partial charge in [-0.25, -0.2) is 0 Å². The Morgan fingerprint density at radius 3 is 2.44 bits per heavy atom. The fraction of sp³-hybridized carbons (Fsp3) is 0.176. The van der Waals surface area contributed by atoms with Gasteiger partial charge in [0.1, 0.15) is 0 Å². The van der Waals surface area contributed by atoms with Crippen LogP contribution in [0.5, 0.6) is 0 Å². The van der Waals surface area contributed by atoms with E-state index in [1.54, 1.807) is 0 Å². The van der Waals surface area contributed by atoms with E-state index >= 15 is 0 Å². The predicted molar refractivity (Wildman–Crippen MR) is 76.3 cm³/mol. The summed E-state index contributed by atoms with van der Waals surface area (Å²) in [5, 5.41) is 1.33. The molecule has 1 nitrogen and oxygen atoms in total. The summed E-state index contributed by atoms with van der Waals surface area (Å²) in [5.74, 6) is 0. The van der Waals surface area contributed by atoms with E-state index in [4.69, 9.17) is 0 Å². The largest absolute Gasteiger partial charge is 0.314 e. The van der Waals surface area contributed by atoms with Crippen molar-refractivity contribution in [3.8, 4) is 5.69 Å². The van der Waals surface area contributed by atoms with Crippen LogP contribution in [0.15, 0.2) is 42.5 Å². The highest BCUT2D eigenvalue weighted by molar-refractivity contribution is 5.86. The van der Waals surface area contributed by atoms with Crippen molar-refractivity contribution in [1.82, 2.24) is 4.57 Å². The van der Waals surface area contributed by atoms with E-state index in [1.165, 1.54) is 33.4 Å². The highest BCUT2D eigenvalue weighted by Crippen LogP contribution is 2.28. The van der Waals surface area contributed by atoms with Crippen molar-refractivity contribution in [3.05, 3.63) is 65.4 Å². The van der Waals surface area contributed by atoms with Gasteiger partial charge in [-0.05, 0) is 56.2 Å². The van der Waals surface area contributed by atoms with Gasteiger partial charge in [0, 0.05) is 16.8 Å². The zero-order chi connectivity index (χ0) is 12.7. The first-order chi connectivity index (χ1) is 8.68. The van der Waals surface area contributed by atoms with Gasteiger partial charge in [0.2, 0.25) is 0 Å². The molecule has 0 unspecified atom stereocenters. The summed E-state index contributed by atoms with van der Waals surface area (Å²) >= 11 is 0. The minimum absolute atomic E-state index is 1.17. The van der Waals surface area contributed by atoms with E-state index in [1.807, 2.05) is 0 Å². The molecule has 1 aromatic heterocycles. The van der Waals surface area contributed by atoms with Crippen LogP contribution < -0.4 is 0 Å². The number of hydrogen-bond acceptors (Lipinski definition) is 0. The minimum atomic E-state index is 1.17. The van der Waals surface area contributed by atoms with Gasteiger partial charge in [-0.15, -0.1) is 0 Å². The number of aryl methyl sites for hydroxylation is 2. The third-order valence-corrected chi connectivity index (χ3v) is 3.64. The predicted octanol–water partition coefficient (Wildman–Crippen LogP) is 4.36. The molecule has 0 atom stereocenters. The Morgan fingerprint density at radius 2 is 1.72 bits per heavy atom. The van der Waals surface area contributed by atoms with Crippen molar-refractivity contribution < 1.29 is 0 Å². The van der Waals surface area contributed by atoms with Crippen molar-refractivity contribution in [2.45, 2.75) is 20.8 Å². The molecular formula is C17H16N. The van der Waals surface area contributed by atoms with Gasteiger partial charge in [-0.3, -0.25) is 0 Å². The Kier molecular flexibility index (Phi) is 2.48. The van der Waals surface area contributed by atoms with Gasteiger partial charge in [-0.1, -0.05) is 24.3 Å². The first-order valence-corrected chi connectivity index (χ1v) is 6.24. The van der Waals surface area contributed by atoms with Crippen LogP contribution in [0.4, 0.5) is 0 Å². The summed E-state index contributed by atoms with van der Waals surface area (Å²) in [4.78, 5) is 0. The summed E-state index contributed by atoms with van der Waals surface area (Å²) in [6, 6.07) is 18.2. The Bertz CT molecular complexity index is 702. The second-order valence-corrected chi connectivity index (χ2v) is 4.79. The lowest BCUT2D eigenvalue weighted by Gasteiger charge is -2.08. The van der Waals surface area contributed by atoms with Gasteiger partial charge in [0.25, 0.3) is 0 Å². The minimum Gasteiger partial charge on any atom is -0.314 e. The maximum atomic E-state index is 3.28. The van der Waals surface area contributed by atoms with Crippen molar-refractivity contribution in [2.24, 2.45) is 0 Å². The van der Waals surface area contributed by atoms with E-state index < -0.39 is 0 Å². The normalized spacial score (nSPS) is 11.1. The molecule has 1 heteroatoms. The van der Waals surface area contributed by atoms with Gasteiger partial charge < -0.3 is 4.57 Å². The SMILES string of the molecule is Cc1[c]cc(-n2c(C)c(C)c3ccccc32)cc1. The van der Waals surface area contributed by atoms with Crippen LogP contribution in [0.3, 0.4) is 0 Å². The fourth-order valence-corrected chi connectivity index (χ4v) is 2.50. The third-order valence-electron chi connectivity index (χ3n) is 3.64. The maximum Gasteiger partial charge on any atom is 0.0534 e. The molecule has 0 bridgehead atoms. The topological polar surface area (TPSA) is 4.93 Å². The molecule has 2 aromatic carbocycles. The quantitative estimate of drug-likeness (QED) is 0.589. The van der Waals surface area contributed by atoms with Crippen LogP contribution >= 0.6 is 0 Å². The van der Waals surface area contributed by atoms with Crippen LogP contribution in [-0.2, 0) is 0 Å². The molecule has 3 aromatic rings. The lowest BCUT2D eigenvalue weighted by Crippen LogP contribution is -1.96. The number of aromatic nitrogens is 1. The van der Waals surface area contributed by atoms with Crippen LogP contribution in [0.2, 0.25) is 0 Å². The molecule has 1 heterocycles. The van der Waals surface area contributed by atoms with Crippen molar-refractivity contribution >= 4 is 10.9 Å². The summed E-state index contributed by atoms with van der Waals surface area (Å²) in [7, 11) is 0. The van der Waals surface area contributed by atoms with Gasteiger partial charge >= 0.3 is 0 Å². The Morgan fingerprint density at radius 1 is 0.944 bits per heavy atom. The Hall–Kier alpha value is -2.02. The summed E-state index contributed by atoms with van der Waals surface area (Å²) < 4.78 is 2.31. The van der Waals surface area contributed by atoms with E-state index in [9.17, 15) is 0 Å². The molecule has 0 saturated carbocycles. The van der Waals surface area contributed by atoms with Crippen LogP contribution in [0, 0.1) is 26.8 Å². The van der Waals surface area contributed by atoms with E-state index in [0.29, 0.717) is 0 Å². The summed E-state index contributed by atoms with van der Waals surface area (Å²) in [6.45, 7) is 6.43. The fourth-order valence-electron chi connectivity index (χ4n) is 2.50. The average molecular weight is 234 g/mol. The molecule has 0 saturated heterocycles. The van der Waals surface area contributed by atoms with Crippen LogP contribution in [0.25, 0.3) is 16.6 Å². The third kappa shape index (κ3) is 1.55. The van der Waals surface area contributed by atoms with Crippen molar-refractivity contribution in [2.75, 3.05) is 0 Å². The monoisotopic (exact) mass is 234 g/mol. The average Bonchev–Trinajstić information content (AvgIpc) is 2.64. The standard InChI is InChI=1S/C17H16N/c1-12-8-10-15(11-9-12)18-14(3)13(2)16-6-4-5-7-17(16)18/h4-8,10-11H,1-3H3. The van der Waals surface area contributed by atoms with Crippen molar-refractivity contribution in [3.63, 3.8) is 0 Å². The maximum absolute atomic E-state index is 3.28. The number of hydrogen-bond donors (Lipinski definition) is 0. The van der Waals surface area contributed by atoms with Gasteiger partial charge in [0.05, 0.1) is 5.52 Å². The van der Waals surface area contributed by atoms with E-state index in [0.717, 1.165) is 0 Å². The number of benzene rings is 2. The smallest absolute Gasteiger partial charge is 0.0534 e. The second-order valence-electron chi connectivity index (χ2n) is 4.79. The van der Waals surface area contributed by atoms with E-state index in [2.05, 4.69) is 73.9 Å². The van der Waals surface area contributed by atoms with E-state index in [-0.39, 0.29) is 0 Å². The molecular weight excluding hydrogens is 218 g/mol. The molecule has 0 N–H and O–H groups in total. The Balaban J connectivity index is 2.35. The molecule has 89 valence electrons. The molecule has 3 rings (SSSR count). The van der Waals surface area contributed by atoms with Gasteiger partial charge in [-0.2, -0.15) is 0 Å². The second kappa shape index (κ2) is 4.02. The Labute approximate surface area is 108 Å². The number of fused-ring (bicyclic) bond motifs is 1.